The molecule has 5 nitrogen and oxygen atoms in total. The van der Waals surface area contributed by atoms with Crippen LogP contribution in [0, 0.1) is 11.6 Å². The second kappa shape index (κ2) is 7.18. The van der Waals surface area contributed by atoms with Crippen LogP contribution in [0.3, 0.4) is 0 Å². The molecule has 8 heteroatoms. The zero-order valence-corrected chi connectivity index (χ0v) is 16.2. The van der Waals surface area contributed by atoms with Crippen molar-refractivity contribution in [1.82, 2.24) is 8.87 Å². The van der Waals surface area contributed by atoms with Gasteiger partial charge in [0.25, 0.3) is 0 Å². The monoisotopic (exact) mass is 396 g/mol. The number of hydrogen-bond donors (Lipinski definition) is 1. The molecule has 1 N–H and O–H groups in total. The molecule has 0 saturated heterocycles. The summed E-state index contributed by atoms with van der Waals surface area (Å²) in [5.41, 5.74) is 1.29. The van der Waals surface area contributed by atoms with Crippen LogP contribution in [0.25, 0.3) is 21.8 Å². The highest BCUT2D eigenvalue weighted by atomic mass is 32.2. The lowest BCUT2D eigenvalue weighted by atomic mass is 10.1. The first-order chi connectivity index (χ1) is 12.6. The van der Waals surface area contributed by atoms with Crippen LogP contribution in [0.4, 0.5) is 8.78 Å². The third-order valence-electron chi connectivity index (χ3n) is 4.57. The fourth-order valence-corrected chi connectivity index (χ4v) is 4.66. The maximum atomic E-state index is 13.7. The summed E-state index contributed by atoms with van der Waals surface area (Å²) in [6.07, 6.45) is 0.113. The molecule has 0 bridgehead atoms. The van der Waals surface area contributed by atoms with E-state index in [4.69, 9.17) is 0 Å². The number of aliphatic hydroxyl groups excluding tert-OH is 1. The van der Waals surface area contributed by atoms with Gasteiger partial charge in [-0.05, 0) is 50.2 Å². The Morgan fingerprint density at radius 2 is 1.52 bits per heavy atom. The van der Waals surface area contributed by atoms with Crippen molar-refractivity contribution < 1.29 is 22.3 Å². The van der Waals surface area contributed by atoms with Crippen LogP contribution in [0.2, 0.25) is 0 Å². The van der Waals surface area contributed by atoms with Crippen LogP contribution >= 0.6 is 0 Å². The minimum Gasteiger partial charge on any atom is -0.390 e. The van der Waals surface area contributed by atoms with Gasteiger partial charge >= 0.3 is 0 Å². The van der Waals surface area contributed by atoms with Gasteiger partial charge in [-0.15, -0.1) is 0 Å². The fourth-order valence-electron chi connectivity index (χ4n) is 3.45. The first-order valence-electron chi connectivity index (χ1n) is 8.60. The number of halogens is 2. The second-order valence-corrected chi connectivity index (χ2v) is 8.95. The highest BCUT2D eigenvalue weighted by molar-refractivity contribution is 7.88. The zero-order valence-electron chi connectivity index (χ0n) is 15.4. The minimum atomic E-state index is -3.47. The lowest BCUT2D eigenvalue weighted by molar-refractivity contribution is 0.122. The van der Waals surface area contributed by atoms with E-state index in [1.54, 1.807) is 30.5 Å². The normalized spacial score (nSPS) is 13.9. The lowest BCUT2D eigenvalue weighted by Gasteiger charge is -2.26. The average molecular weight is 396 g/mol. The van der Waals surface area contributed by atoms with Crippen LogP contribution < -0.4 is 0 Å². The summed E-state index contributed by atoms with van der Waals surface area (Å²) in [7, 11) is -3.47. The van der Waals surface area contributed by atoms with Crippen LogP contribution in [0.15, 0.2) is 36.4 Å². The largest absolute Gasteiger partial charge is 0.390 e. The molecular weight excluding hydrogens is 374 g/mol. The number of rotatable bonds is 6. The number of nitrogens with zero attached hydrogens (tertiary/aromatic N) is 2. The SMILES string of the molecule is CC(C)N(CC(O)Cn1c2ccc(F)cc2c2cc(F)ccc21)S(C)(=O)=O. The van der Waals surface area contributed by atoms with Crippen molar-refractivity contribution in [3.63, 3.8) is 0 Å². The zero-order chi connectivity index (χ0) is 19.9. The summed E-state index contributed by atoms with van der Waals surface area (Å²) in [5.74, 6) is -0.871. The molecule has 2 aromatic carbocycles. The molecule has 3 rings (SSSR count). The van der Waals surface area contributed by atoms with Gasteiger partial charge in [-0.1, -0.05) is 0 Å². The van der Waals surface area contributed by atoms with Crippen molar-refractivity contribution in [3.05, 3.63) is 48.0 Å². The average Bonchev–Trinajstić information content (AvgIpc) is 2.84. The third kappa shape index (κ3) is 3.97. The molecule has 1 aromatic heterocycles. The molecule has 0 aliphatic carbocycles. The van der Waals surface area contributed by atoms with Crippen molar-refractivity contribution in [2.75, 3.05) is 12.8 Å². The summed E-state index contributed by atoms with van der Waals surface area (Å²) < 4.78 is 54.3. The molecule has 1 unspecified atom stereocenters. The van der Waals surface area contributed by atoms with Crippen LogP contribution in [0.1, 0.15) is 13.8 Å². The van der Waals surface area contributed by atoms with E-state index in [1.165, 1.54) is 28.6 Å². The van der Waals surface area contributed by atoms with Crippen molar-refractivity contribution in [1.29, 1.82) is 0 Å². The molecule has 0 spiro atoms. The molecule has 0 radical (unpaired) electrons. The molecule has 0 aliphatic rings. The molecule has 1 heterocycles. The Balaban J connectivity index is 2.03. The van der Waals surface area contributed by atoms with E-state index in [1.807, 2.05) is 0 Å². The van der Waals surface area contributed by atoms with E-state index in [9.17, 15) is 22.3 Å². The van der Waals surface area contributed by atoms with Gasteiger partial charge < -0.3 is 9.67 Å². The van der Waals surface area contributed by atoms with E-state index in [-0.39, 0.29) is 19.1 Å². The maximum Gasteiger partial charge on any atom is 0.211 e. The van der Waals surface area contributed by atoms with Gasteiger partial charge in [-0.3, -0.25) is 0 Å². The highest BCUT2D eigenvalue weighted by Crippen LogP contribution is 2.30. The number of aromatic nitrogens is 1. The second-order valence-electron chi connectivity index (χ2n) is 7.01. The van der Waals surface area contributed by atoms with E-state index in [0.29, 0.717) is 21.8 Å². The Labute approximate surface area is 156 Å². The lowest BCUT2D eigenvalue weighted by Crippen LogP contribution is -2.42. The molecular formula is C19H22F2N2O3S. The number of hydrogen-bond acceptors (Lipinski definition) is 3. The summed E-state index contributed by atoms with van der Waals surface area (Å²) in [6.45, 7) is 3.50. The van der Waals surface area contributed by atoms with Crippen molar-refractivity contribution >= 4 is 31.8 Å². The van der Waals surface area contributed by atoms with Gasteiger partial charge in [-0.25, -0.2) is 17.2 Å². The van der Waals surface area contributed by atoms with Gasteiger partial charge in [0.05, 0.1) is 18.9 Å². The topological polar surface area (TPSA) is 62.5 Å². The van der Waals surface area contributed by atoms with Gasteiger partial charge in [0.15, 0.2) is 0 Å². The molecule has 146 valence electrons. The van der Waals surface area contributed by atoms with Crippen LogP contribution in [0.5, 0.6) is 0 Å². The van der Waals surface area contributed by atoms with Gasteiger partial charge in [0.2, 0.25) is 10.0 Å². The van der Waals surface area contributed by atoms with Crippen LogP contribution in [-0.2, 0) is 16.6 Å². The minimum absolute atomic E-state index is 0.0694. The van der Waals surface area contributed by atoms with Gasteiger partial charge in [-0.2, -0.15) is 4.31 Å². The maximum absolute atomic E-state index is 13.7. The number of benzene rings is 2. The molecule has 3 aromatic rings. The van der Waals surface area contributed by atoms with Crippen molar-refractivity contribution in [3.8, 4) is 0 Å². The molecule has 0 fully saturated rings. The number of fused-ring (bicyclic) bond motifs is 3. The van der Waals surface area contributed by atoms with E-state index >= 15 is 0 Å². The number of sulfonamides is 1. The van der Waals surface area contributed by atoms with E-state index in [0.717, 1.165) is 6.26 Å². The smallest absolute Gasteiger partial charge is 0.211 e. The standard InChI is InChI=1S/C19H22F2N2O3S/c1-12(2)23(27(3,25)26)11-15(24)10-22-18-6-4-13(20)8-16(18)17-9-14(21)5-7-19(17)22/h4-9,12,15,24H,10-11H2,1-3H3. The van der Waals surface area contributed by atoms with Crippen molar-refractivity contribution in [2.45, 2.75) is 32.5 Å². The Hall–Kier alpha value is -2.03. The first kappa shape index (κ1) is 19.7. The predicted molar refractivity (Wildman–Crippen MR) is 102 cm³/mol. The Morgan fingerprint density at radius 1 is 1.04 bits per heavy atom. The van der Waals surface area contributed by atoms with Crippen LogP contribution in [-0.4, -0.2) is 47.3 Å². The Morgan fingerprint density at radius 3 is 1.93 bits per heavy atom. The first-order valence-corrected chi connectivity index (χ1v) is 10.4. The Bertz CT molecular complexity index is 1030. The quantitative estimate of drug-likeness (QED) is 0.696. The summed E-state index contributed by atoms with van der Waals surface area (Å²) in [6, 6.07) is 8.12. The van der Waals surface area contributed by atoms with E-state index in [2.05, 4.69) is 0 Å². The summed E-state index contributed by atoms with van der Waals surface area (Å²) in [5, 5.41) is 11.6. The molecule has 1 atom stereocenters. The fraction of sp³-hybridized carbons (Fsp3) is 0.368. The molecule has 27 heavy (non-hydrogen) atoms. The van der Waals surface area contributed by atoms with E-state index < -0.39 is 27.8 Å². The molecule has 0 aliphatic heterocycles. The van der Waals surface area contributed by atoms with Gasteiger partial charge in [0.1, 0.15) is 11.6 Å². The van der Waals surface area contributed by atoms with Crippen molar-refractivity contribution in [2.24, 2.45) is 0 Å². The molecule has 0 amide bonds. The predicted octanol–water partition coefficient (Wildman–Crippen LogP) is 3.10. The number of aliphatic hydroxyl groups is 1. The third-order valence-corrected chi connectivity index (χ3v) is 6.00. The summed E-state index contributed by atoms with van der Waals surface area (Å²) >= 11 is 0. The van der Waals surface area contributed by atoms with Gasteiger partial charge in [0, 0.05) is 34.4 Å². The molecule has 0 saturated carbocycles. The Kier molecular flexibility index (Phi) is 5.24. The summed E-state index contributed by atoms with van der Waals surface area (Å²) in [4.78, 5) is 0. The highest BCUT2D eigenvalue weighted by Gasteiger charge is 2.24.